The Morgan fingerprint density at radius 3 is 2.84 bits per heavy atom. The van der Waals surface area contributed by atoms with Crippen molar-refractivity contribution in [3.63, 3.8) is 0 Å². The van der Waals surface area contributed by atoms with Crippen LogP contribution < -0.4 is 10.6 Å². The van der Waals surface area contributed by atoms with Crippen LogP contribution in [-0.2, 0) is 13.1 Å². The maximum absolute atomic E-state index is 4.40. The lowest BCUT2D eigenvalue weighted by Crippen LogP contribution is -2.37. The molecule has 2 aromatic heterocycles. The summed E-state index contributed by atoms with van der Waals surface area (Å²) in [6.45, 7) is 4.60. The average Bonchev–Trinajstić information content (AvgIpc) is 3.05. The fourth-order valence-corrected chi connectivity index (χ4v) is 2.88. The second-order valence-electron chi connectivity index (χ2n) is 6.04. The number of fused-ring (bicyclic) bond motifs is 1. The summed E-state index contributed by atoms with van der Waals surface area (Å²) < 4.78 is 2.30. The van der Waals surface area contributed by atoms with Gasteiger partial charge in [-0.15, -0.1) is 0 Å². The van der Waals surface area contributed by atoms with Gasteiger partial charge < -0.3 is 15.2 Å². The van der Waals surface area contributed by atoms with Crippen LogP contribution in [0, 0.1) is 6.92 Å². The topological polar surface area (TPSA) is 54.2 Å². The fourth-order valence-electron chi connectivity index (χ4n) is 2.88. The number of aliphatic imine (C=N–C) groups is 1. The van der Waals surface area contributed by atoms with E-state index in [2.05, 4.69) is 74.7 Å². The molecular formula is C20H25N5. The molecule has 0 saturated heterocycles. The van der Waals surface area contributed by atoms with Gasteiger partial charge in [-0.3, -0.25) is 9.98 Å². The van der Waals surface area contributed by atoms with Crippen molar-refractivity contribution in [2.75, 3.05) is 13.6 Å². The molecule has 0 unspecified atom stereocenters. The van der Waals surface area contributed by atoms with Crippen LogP contribution in [0.1, 0.15) is 17.7 Å². The van der Waals surface area contributed by atoms with E-state index in [0.717, 1.165) is 31.2 Å². The van der Waals surface area contributed by atoms with Crippen molar-refractivity contribution in [3.05, 3.63) is 66.1 Å². The lowest BCUT2D eigenvalue weighted by molar-refractivity contribution is 0.640. The minimum Gasteiger partial charge on any atom is -0.356 e. The van der Waals surface area contributed by atoms with Gasteiger partial charge in [-0.2, -0.15) is 0 Å². The SMILES string of the molecule is CN=C(NCCCn1ccc2ccccc21)NCc1ncccc1C. The van der Waals surface area contributed by atoms with Crippen LogP contribution in [0.5, 0.6) is 0 Å². The number of pyridine rings is 1. The quantitative estimate of drug-likeness (QED) is 0.413. The summed E-state index contributed by atoms with van der Waals surface area (Å²) >= 11 is 0. The van der Waals surface area contributed by atoms with Gasteiger partial charge >= 0.3 is 0 Å². The van der Waals surface area contributed by atoms with Crippen LogP contribution in [-0.4, -0.2) is 29.1 Å². The summed E-state index contributed by atoms with van der Waals surface area (Å²) in [5.41, 5.74) is 3.52. The van der Waals surface area contributed by atoms with Gasteiger partial charge in [0.25, 0.3) is 0 Å². The smallest absolute Gasteiger partial charge is 0.191 e. The molecule has 0 aliphatic rings. The Bertz CT molecular complexity index is 850. The summed E-state index contributed by atoms with van der Waals surface area (Å²) in [5.74, 6) is 0.808. The monoisotopic (exact) mass is 335 g/mol. The second kappa shape index (κ2) is 8.33. The summed E-state index contributed by atoms with van der Waals surface area (Å²) in [4.78, 5) is 8.67. The highest BCUT2D eigenvalue weighted by atomic mass is 15.2. The molecule has 0 radical (unpaired) electrons. The number of hydrogen-bond donors (Lipinski definition) is 2. The Morgan fingerprint density at radius 2 is 2.00 bits per heavy atom. The van der Waals surface area contributed by atoms with Gasteiger partial charge in [0, 0.05) is 38.0 Å². The Labute approximate surface area is 148 Å². The number of aryl methyl sites for hydroxylation is 2. The summed E-state index contributed by atoms with van der Waals surface area (Å²) in [5, 5.41) is 7.98. The standard InChI is InChI=1S/C20H25N5/c1-16-7-5-11-22-18(16)15-24-20(21-2)23-12-6-13-25-14-10-17-8-3-4-9-19(17)25/h3-5,7-11,14H,6,12-13,15H2,1-2H3,(H2,21,23,24). The number of nitrogens with one attached hydrogen (secondary N) is 2. The number of para-hydroxylation sites is 1. The van der Waals surface area contributed by atoms with Gasteiger partial charge in [0.1, 0.15) is 0 Å². The minimum atomic E-state index is 0.675. The van der Waals surface area contributed by atoms with Gasteiger partial charge in [-0.1, -0.05) is 24.3 Å². The third kappa shape index (κ3) is 4.38. The highest BCUT2D eigenvalue weighted by Crippen LogP contribution is 2.15. The van der Waals surface area contributed by atoms with E-state index in [-0.39, 0.29) is 0 Å². The van der Waals surface area contributed by atoms with Crippen LogP contribution in [0.25, 0.3) is 10.9 Å². The molecule has 5 heteroatoms. The number of hydrogen-bond acceptors (Lipinski definition) is 2. The van der Waals surface area contributed by atoms with E-state index in [1.165, 1.54) is 16.5 Å². The third-order valence-corrected chi connectivity index (χ3v) is 4.31. The molecule has 3 rings (SSSR count). The molecule has 0 fully saturated rings. The normalized spacial score (nSPS) is 11.7. The first-order valence-corrected chi connectivity index (χ1v) is 8.67. The molecule has 3 aromatic rings. The van der Waals surface area contributed by atoms with Crippen molar-refractivity contribution < 1.29 is 0 Å². The fraction of sp³-hybridized carbons (Fsp3) is 0.300. The molecule has 0 atom stereocenters. The van der Waals surface area contributed by atoms with Gasteiger partial charge in [0.15, 0.2) is 5.96 Å². The van der Waals surface area contributed by atoms with Crippen molar-refractivity contribution in [2.45, 2.75) is 26.4 Å². The third-order valence-electron chi connectivity index (χ3n) is 4.31. The molecule has 1 aromatic carbocycles. The number of rotatable bonds is 6. The van der Waals surface area contributed by atoms with E-state index in [1.807, 2.05) is 12.3 Å². The zero-order chi connectivity index (χ0) is 17.5. The minimum absolute atomic E-state index is 0.675. The van der Waals surface area contributed by atoms with Gasteiger partial charge in [0.2, 0.25) is 0 Å². The molecule has 0 aliphatic carbocycles. The highest BCUT2D eigenvalue weighted by Gasteiger charge is 2.02. The average molecular weight is 335 g/mol. The van der Waals surface area contributed by atoms with Gasteiger partial charge in [-0.25, -0.2) is 0 Å². The first-order valence-electron chi connectivity index (χ1n) is 8.67. The Hall–Kier alpha value is -2.82. The number of guanidine groups is 1. The van der Waals surface area contributed by atoms with Crippen molar-refractivity contribution in [3.8, 4) is 0 Å². The van der Waals surface area contributed by atoms with E-state index in [9.17, 15) is 0 Å². The van der Waals surface area contributed by atoms with Crippen LogP contribution in [0.4, 0.5) is 0 Å². The zero-order valence-electron chi connectivity index (χ0n) is 14.9. The van der Waals surface area contributed by atoms with Crippen LogP contribution in [0.3, 0.4) is 0 Å². The molecule has 2 N–H and O–H groups in total. The Kier molecular flexibility index (Phi) is 5.67. The van der Waals surface area contributed by atoms with Crippen LogP contribution in [0.15, 0.2) is 59.9 Å². The molecule has 130 valence electrons. The predicted octanol–water partition coefficient (Wildman–Crippen LogP) is 3.10. The molecule has 0 spiro atoms. The van der Waals surface area contributed by atoms with Crippen LogP contribution >= 0.6 is 0 Å². The van der Waals surface area contributed by atoms with Gasteiger partial charge in [0.05, 0.1) is 12.2 Å². The maximum atomic E-state index is 4.40. The lowest BCUT2D eigenvalue weighted by atomic mass is 10.2. The van der Waals surface area contributed by atoms with E-state index in [4.69, 9.17) is 0 Å². The van der Waals surface area contributed by atoms with Crippen molar-refractivity contribution in [1.29, 1.82) is 0 Å². The molecule has 0 amide bonds. The first kappa shape index (κ1) is 17.0. The van der Waals surface area contributed by atoms with E-state index in [0.29, 0.717) is 6.54 Å². The summed E-state index contributed by atoms with van der Waals surface area (Å²) in [6, 6.07) is 14.7. The largest absolute Gasteiger partial charge is 0.356 e. The number of benzene rings is 1. The van der Waals surface area contributed by atoms with Gasteiger partial charge in [-0.05, 0) is 42.5 Å². The number of aromatic nitrogens is 2. The van der Waals surface area contributed by atoms with Crippen molar-refractivity contribution in [1.82, 2.24) is 20.2 Å². The Balaban J connectivity index is 1.45. The second-order valence-corrected chi connectivity index (χ2v) is 6.04. The van der Waals surface area contributed by atoms with Crippen LogP contribution in [0.2, 0.25) is 0 Å². The highest BCUT2D eigenvalue weighted by molar-refractivity contribution is 5.80. The summed E-state index contributed by atoms with van der Waals surface area (Å²) in [7, 11) is 1.79. The molecule has 0 bridgehead atoms. The molecule has 2 heterocycles. The zero-order valence-corrected chi connectivity index (χ0v) is 14.9. The number of nitrogens with zero attached hydrogens (tertiary/aromatic N) is 3. The lowest BCUT2D eigenvalue weighted by Gasteiger charge is -2.13. The first-order chi connectivity index (χ1) is 12.3. The molecule has 0 aliphatic heterocycles. The van der Waals surface area contributed by atoms with E-state index < -0.39 is 0 Å². The summed E-state index contributed by atoms with van der Waals surface area (Å²) in [6.07, 6.45) is 5.01. The van der Waals surface area contributed by atoms with Crippen molar-refractivity contribution in [2.24, 2.45) is 4.99 Å². The van der Waals surface area contributed by atoms with Crippen molar-refractivity contribution >= 4 is 16.9 Å². The Morgan fingerprint density at radius 1 is 1.12 bits per heavy atom. The molecule has 25 heavy (non-hydrogen) atoms. The predicted molar refractivity (Wildman–Crippen MR) is 104 cm³/mol. The molecule has 0 saturated carbocycles. The van der Waals surface area contributed by atoms with E-state index in [1.54, 1.807) is 7.05 Å². The molecule has 5 nitrogen and oxygen atoms in total. The maximum Gasteiger partial charge on any atom is 0.191 e. The van der Waals surface area contributed by atoms with E-state index >= 15 is 0 Å². The molecular weight excluding hydrogens is 310 g/mol.